The van der Waals surface area contributed by atoms with Crippen LogP contribution in [0.15, 0.2) is 194 Å². The van der Waals surface area contributed by atoms with E-state index in [9.17, 15) is 19.0 Å². The number of esters is 2. The molecule has 0 saturated heterocycles. The van der Waals surface area contributed by atoms with Gasteiger partial charge in [-0.05, 0) is 141 Å². The minimum absolute atomic E-state index is 0.0445. The maximum atomic E-state index is 12.9. The second kappa shape index (κ2) is 72.1. The van der Waals surface area contributed by atoms with E-state index in [1.807, 2.05) is 21.1 Å². The van der Waals surface area contributed by atoms with Crippen LogP contribution in [-0.4, -0.2) is 70.0 Å². The third-order valence-corrected chi connectivity index (χ3v) is 16.1. The third kappa shape index (κ3) is 75.9. The molecule has 0 aromatic heterocycles. The summed E-state index contributed by atoms with van der Waals surface area (Å²) in [5, 5.41) is 0. The number of quaternary nitrogens is 1. The van der Waals surface area contributed by atoms with Gasteiger partial charge in [-0.3, -0.25) is 14.2 Å². The molecular formula is C84H136NO8P. The van der Waals surface area contributed by atoms with Crippen molar-refractivity contribution in [3.8, 4) is 0 Å². The van der Waals surface area contributed by atoms with Crippen LogP contribution in [0.1, 0.15) is 271 Å². The first-order valence-corrected chi connectivity index (χ1v) is 38.6. The Labute approximate surface area is 577 Å². The van der Waals surface area contributed by atoms with Crippen LogP contribution >= 0.6 is 7.82 Å². The van der Waals surface area contributed by atoms with Crippen molar-refractivity contribution < 1.29 is 42.1 Å². The molecule has 94 heavy (non-hydrogen) atoms. The number of allylic oxidation sites excluding steroid dienone is 32. The van der Waals surface area contributed by atoms with E-state index in [0.717, 1.165) is 161 Å². The number of phosphoric acid groups is 1. The highest BCUT2D eigenvalue weighted by molar-refractivity contribution is 7.45. The Morgan fingerprint density at radius 1 is 0.330 bits per heavy atom. The molecule has 0 saturated carbocycles. The summed E-state index contributed by atoms with van der Waals surface area (Å²) in [4.78, 5) is 38.1. The van der Waals surface area contributed by atoms with Crippen molar-refractivity contribution in [1.82, 2.24) is 0 Å². The van der Waals surface area contributed by atoms with E-state index in [2.05, 4.69) is 208 Å². The largest absolute Gasteiger partial charge is 0.756 e. The molecule has 0 heterocycles. The lowest BCUT2D eigenvalue weighted by molar-refractivity contribution is -0.870. The van der Waals surface area contributed by atoms with E-state index in [1.54, 1.807) is 0 Å². The number of rotatable bonds is 66. The Kier molecular flexibility index (Phi) is 68.2. The first-order chi connectivity index (χ1) is 46.0. The Morgan fingerprint density at radius 3 is 0.851 bits per heavy atom. The molecule has 9 nitrogen and oxygen atoms in total. The summed E-state index contributed by atoms with van der Waals surface area (Å²) >= 11 is 0. The van der Waals surface area contributed by atoms with Crippen LogP contribution in [0.25, 0.3) is 0 Å². The van der Waals surface area contributed by atoms with E-state index < -0.39 is 32.5 Å². The Bertz CT molecular complexity index is 2290. The van der Waals surface area contributed by atoms with E-state index in [1.165, 1.54) is 77.0 Å². The van der Waals surface area contributed by atoms with Crippen molar-refractivity contribution in [3.05, 3.63) is 194 Å². The lowest BCUT2D eigenvalue weighted by Crippen LogP contribution is -2.37. The predicted octanol–water partition coefficient (Wildman–Crippen LogP) is 24.2. The summed E-state index contributed by atoms with van der Waals surface area (Å²) < 4.78 is 34.3. The molecule has 0 spiro atoms. The van der Waals surface area contributed by atoms with Gasteiger partial charge in [-0.15, -0.1) is 0 Å². The lowest BCUT2D eigenvalue weighted by Gasteiger charge is -2.28. The summed E-state index contributed by atoms with van der Waals surface area (Å²) in [6, 6.07) is 0. The summed E-state index contributed by atoms with van der Waals surface area (Å²) in [7, 11) is 1.13. The van der Waals surface area contributed by atoms with Gasteiger partial charge in [0.05, 0.1) is 27.7 Å². The minimum atomic E-state index is -4.66. The molecule has 0 aromatic carbocycles. The van der Waals surface area contributed by atoms with Crippen molar-refractivity contribution >= 4 is 19.8 Å². The average molecular weight is 1320 g/mol. The molecule has 0 radical (unpaired) electrons. The maximum Gasteiger partial charge on any atom is 0.306 e. The molecule has 0 rings (SSSR count). The number of carbonyl (C=O) groups is 2. The van der Waals surface area contributed by atoms with E-state index >= 15 is 0 Å². The average Bonchev–Trinajstić information content (AvgIpc) is 1.56. The summed E-state index contributed by atoms with van der Waals surface area (Å²) in [6.07, 6.45) is 112. The highest BCUT2D eigenvalue weighted by Crippen LogP contribution is 2.38. The van der Waals surface area contributed by atoms with Crippen molar-refractivity contribution in [2.45, 2.75) is 277 Å². The fourth-order valence-electron chi connectivity index (χ4n) is 9.51. The molecular weight excluding hydrogens is 1180 g/mol. The fraction of sp³-hybridized carbons (Fsp3) is 0.595. The van der Waals surface area contributed by atoms with Crippen molar-refractivity contribution in [3.63, 3.8) is 0 Å². The molecule has 0 N–H and O–H groups in total. The van der Waals surface area contributed by atoms with Gasteiger partial charge in [0.2, 0.25) is 0 Å². The lowest BCUT2D eigenvalue weighted by atomic mass is 10.0. The molecule has 2 unspecified atom stereocenters. The summed E-state index contributed by atoms with van der Waals surface area (Å²) in [5.74, 6) is -0.865. The van der Waals surface area contributed by atoms with Gasteiger partial charge >= 0.3 is 11.9 Å². The van der Waals surface area contributed by atoms with Gasteiger partial charge in [0.25, 0.3) is 7.82 Å². The number of phosphoric ester groups is 1. The second-order valence-electron chi connectivity index (χ2n) is 25.2. The monoisotopic (exact) mass is 1320 g/mol. The molecule has 0 amide bonds. The molecule has 0 aliphatic rings. The van der Waals surface area contributed by atoms with E-state index in [-0.39, 0.29) is 26.1 Å². The van der Waals surface area contributed by atoms with Crippen molar-refractivity contribution in [2.24, 2.45) is 0 Å². The number of hydrogen-bond donors (Lipinski definition) is 0. The molecule has 0 aliphatic carbocycles. The predicted molar refractivity (Wildman–Crippen MR) is 406 cm³/mol. The molecule has 2 atom stereocenters. The second-order valence-corrected chi connectivity index (χ2v) is 26.6. The van der Waals surface area contributed by atoms with Crippen molar-refractivity contribution in [2.75, 3.05) is 47.5 Å². The van der Waals surface area contributed by atoms with E-state index in [0.29, 0.717) is 17.4 Å². The van der Waals surface area contributed by atoms with Gasteiger partial charge < -0.3 is 27.9 Å². The van der Waals surface area contributed by atoms with Crippen LogP contribution in [0, 0.1) is 0 Å². The first-order valence-electron chi connectivity index (χ1n) is 37.1. The Balaban J connectivity index is 4.14. The number of likely N-dealkylation sites (N-methyl/N-ethyl adjacent to an activating group) is 1. The smallest absolute Gasteiger partial charge is 0.306 e. The fourth-order valence-corrected chi connectivity index (χ4v) is 10.2. The van der Waals surface area contributed by atoms with Gasteiger partial charge in [-0.2, -0.15) is 0 Å². The summed E-state index contributed by atoms with van der Waals surface area (Å²) in [5.41, 5.74) is 0. The van der Waals surface area contributed by atoms with Gasteiger partial charge in [0.15, 0.2) is 6.10 Å². The quantitative estimate of drug-likeness (QED) is 0.0195. The standard InChI is InChI=1S/C84H136NO8P/c1-6-8-10-12-14-16-18-20-22-24-26-28-30-32-34-36-38-39-40-41-42-43-44-45-47-49-51-53-55-57-59-61-63-65-67-69-71-73-75-77-84(87)93-82(81-92-94(88,89)91-79-78-85(3,4)5)80-90-83(86)76-74-72-70-68-66-64-62-60-58-56-54-52-50-48-46-37-35-33-31-29-27-25-23-21-19-17-15-13-11-9-7-2/h8-11,14-17,20-23,26-29,32-35,38-39,41-42,44-45,49,51,55,57,61,63,82H,6-7,12-13,18-19,24-25,30-31,36-37,40,43,46-48,50,52-54,56,58-60,62,64-81H2,1-5H3/b10-8-,11-9-,16-14-,17-15-,22-20-,23-21-,28-26-,29-27-,34-32-,35-33-,39-38-,42-41-,45-44-,51-49-,57-55-,63-61-. The number of unbranched alkanes of at least 4 members (excludes halogenated alkanes) is 20. The zero-order chi connectivity index (χ0) is 68.3. The first kappa shape index (κ1) is 88.8. The van der Waals surface area contributed by atoms with Crippen LogP contribution in [0.4, 0.5) is 0 Å². The molecule has 0 aliphatic heterocycles. The van der Waals surface area contributed by atoms with Crippen LogP contribution < -0.4 is 4.89 Å². The van der Waals surface area contributed by atoms with E-state index in [4.69, 9.17) is 18.5 Å². The highest BCUT2D eigenvalue weighted by atomic mass is 31.2. The van der Waals surface area contributed by atoms with Gasteiger partial charge in [-0.1, -0.05) is 311 Å². The number of hydrogen-bond acceptors (Lipinski definition) is 8. The Morgan fingerprint density at radius 2 is 0.574 bits per heavy atom. The Hall–Kier alpha value is -5.15. The maximum absolute atomic E-state index is 12.9. The van der Waals surface area contributed by atoms with Crippen LogP contribution in [0.2, 0.25) is 0 Å². The highest BCUT2D eigenvalue weighted by Gasteiger charge is 2.22. The van der Waals surface area contributed by atoms with Crippen LogP contribution in [-0.2, 0) is 32.7 Å². The van der Waals surface area contributed by atoms with Gasteiger partial charge in [-0.25, -0.2) is 0 Å². The SMILES string of the molecule is CC/C=C\C/C=C\C/C=C\C/C=C\C/C=C\C/C=C\C/C=C\C/C=C\C/C=C\C/C=C\C/C=C\CCCCCCCC(=O)OC(COC(=O)CCCCCCCCCCCCCCCCC/C=C\C/C=C\C/C=C\C/C=C\C/C=C\CC)COP(=O)([O-])OCC[N+](C)(C)C. The van der Waals surface area contributed by atoms with Gasteiger partial charge in [0.1, 0.15) is 19.8 Å². The molecule has 10 heteroatoms. The summed E-state index contributed by atoms with van der Waals surface area (Å²) in [6.45, 7) is 3.98. The van der Waals surface area contributed by atoms with Gasteiger partial charge in [0, 0.05) is 12.8 Å². The molecule has 0 fully saturated rings. The molecule has 0 aromatic rings. The third-order valence-electron chi connectivity index (χ3n) is 15.1. The minimum Gasteiger partial charge on any atom is -0.756 e. The molecule has 530 valence electrons. The number of carbonyl (C=O) groups excluding carboxylic acids is 2. The zero-order valence-electron chi connectivity index (χ0n) is 60.3. The van der Waals surface area contributed by atoms with Crippen LogP contribution in [0.3, 0.4) is 0 Å². The topological polar surface area (TPSA) is 111 Å². The van der Waals surface area contributed by atoms with Crippen molar-refractivity contribution in [1.29, 1.82) is 0 Å². The number of nitrogens with zero attached hydrogens (tertiary/aromatic N) is 1. The number of ether oxygens (including phenoxy) is 2. The molecule has 0 bridgehead atoms. The van der Waals surface area contributed by atoms with Crippen LogP contribution in [0.5, 0.6) is 0 Å². The zero-order valence-corrected chi connectivity index (χ0v) is 61.2. The normalized spacial score (nSPS) is 14.2.